The summed E-state index contributed by atoms with van der Waals surface area (Å²) in [5, 5.41) is 7.97. The zero-order chi connectivity index (χ0) is 17.5. The number of aryl methyl sites for hydroxylation is 2. The Morgan fingerprint density at radius 1 is 1.27 bits per heavy atom. The number of carbonyl (C=O) groups excluding carboxylic acids is 1. The first-order valence-corrected chi connectivity index (χ1v) is 10.1. The molecule has 1 aliphatic carbocycles. The van der Waals surface area contributed by atoms with E-state index >= 15 is 0 Å². The summed E-state index contributed by atoms with van der Waals surface area (Å²) in [6.45, 7) is 1.53. The van der Waals surface area contributed by atoms with Gasteiger partial charge in [0.15, 0.2) is 5.65 Å². The quantitative estimate of drug-likeness (QED) is 0.773. The second-order valence-corrected chi connectivity index (χ2v) is 8.23. The molecule has 1 N–H and O–H groups in total. The van der Waals surface area contributed by atoms with Crippen molar-refractivity contribution in [1.82, 2.24) is 19.5 Å². The van der Waals surface area contributed by atoms with Crippen LogP contribution in [0, 0.1) is 0 Å². The van der Waals surface area contributed by atoms with Crippen molar-refractivity contribution in [3.05, 3.63) is 45.9 Å². The topological polar surface area (TPSA) is 62.5 Å². The van der Waals surface area contributed by atoms with Gasteiger partial charge in [-0.25, -0.2) is 9.50 Å². The molecule has 5 rings (SSSR count). The second-order valence-electron chi connectivity index (χ2n) is 7.10. The predicted molar refractivity (Wildman–Crippen MR) is 102 cm³/mol. The van der Waals surface area contributed by atoms with Gasteiger partial charge in [0.25, 0.3) is 5.91 Å². The number of likely N-dealkylation sites (tertiary alicyclic amines) is 1. The fourth-order valence-corrected chi connectivity index (χ4v) is 5.14. The average Bonchev–Trinajstić information content (AvgIpc) is 3.39. The molecule has 26 heavy (non-hydrogen) atoms. The molecule has 3 aromatic heterocycles. The lowest BCUT2D eigenvalue weighted by molar-refractivity contribution is 0.0796. The summed E-state index contributed by atoms with van der Waals surface area (Å²) in [5.41, 5.74) is 2.23. The van der Waals surface area contributed by atoms with Gasteiger partial charge in [0.05, 0.1) is 4.88 Å². The molecule has 1 fully saturated rings. The monoisotopic (exact) mass is 367 g/mol. The van der Waals surface area contributed by atoms with Gasteiger partial charge < -0.3 is 10.2 Å². The normalized spacial score (nSPS) is 19.7. The lowest BCUT2D eigenvalue weighted by atomic mass is 9.99. The smallest absolute Gasteiger partial charge is 0.264 e. The van der Waals surface area contributed by atoms with Gasteiger partial charge in [-0.15, -0.1) is 16.4 Å². The van der Waals surface area contributed by atoms with Crippen LogP contribution in [0.4, 0.5) is 5.82 Å². The average molecular weight is 367 g/mol. The number of amides is 1. The van der Waals surface area contributed by atoms with Gasteiger partial charge in [-0.05, 0) is 55.9 Å². The minimum absolute atomic E-state index is 0.187. The Labute approximate surface area is 155 Å². The third-order valence-electron chi connectivity index (χ3n) is 5.29. The van der Waals surface area contributed by atoms with Crippen LogP contribution in [0.25, 0.3) is 5.65 Å². The van der Waals surface area contributed by atoms with Crippen molar-refractivity contribution >= 4 is 28.7 Å². The van der Waals surface area contributed by atoms with Crippen LogP contribution in [-0.4, -0.2) is 44.5 Å². The molecule has 1 unspecified atom stereocenters. The third-order valence-corrected chi connectivity index (χ3v) is 6.52. The van der Waals surface area contributed by atoms with Crippen molar-refractivity contribution in [3.63, 3.8) is 0 Å². The molecule has 0 bridgehead atoms. The molecule has 2 aliphatic rings. The van der Waals surface area contributed by atoms with Gasteiger partial charge >= 0.3 is 0 Å². The van der Waals surface area contributed by atoms with Gasteiger partial charge in [-0.2, -0.15) is 0 Å². The Morgan fingerprint density at radius 2 is 2.19 bits per heavy atom. The maximum atomic E-state index is 12.9. The Hall–Kier alpha value is -2.41. The molecular weight excluding hydrogens is 346 g/mol. The highest BCUT2D eigenvalue weighted by Crippen LogP contribution is 2.31. The van der Waals surface area contributed by atoms with Crippen LogP contribution in [0.5, 0.6) is 0 Å². The molecule has 6 nitrogen and oxygen atoms in total. The Bertz CT molecular complexity index is 938. The van der Waals surface area contributed by atoms with Crippen LogP contribution in [0.2, 0.25) is 0 Å². The molecule has 0 saturated carbocycles. The molecule has 0 spiro atoms. The fraction of sp³-hybridized carbons (Fsp3) is 0.421. The molecule has 4 heterocycles. The van der Waals surface area contributed by atoms with E-state index in [1.807, 2.05) is 23.2 Å². The number of rotatable bonds is 3. The molecule has 1 atom stereocenters. The lowest BCUT2D eigenvalue weighted by Crippen LogP contribution is -2.31. The van der Waals surface area contributed by atoms with Gasteiger partial charge in [0.2, 0.25) is 0 Å². The van der Waals surface area contributed by atoms with Gasteiger partial charge in [-0.1, -0.05) is 0 Å². The summed E-state index contributed by atoms with van der Waals surface area (Å²) in [4.78, 5) is 21.4. The summed E-state index contributed by atoms with van der Waals surface area (Å²) in [7, 11) is 0. The number of nitrogens with one attached hydrogen (secondary N) is 1. The molecular formula is C19H21N5OS. The minimum Gasteiger partial charge on any atom is -0.364 e. The first-order valence-electron chi connectivity index (χ1n) is 9.24. The lowest BCUT2D eigenvalue weighted by Gasteiger charge is -2.16. The van der Waals surface area contributed by atoms with Crippen molar-refractivity contribution in [3.8, 4) is 0 Å². The number of hydrogen-bond acceptors (Lipinski definition) is 5. The van der Waals surface area contributed by atoms with E-state index in [4.69, 9.17) is 0 Å². The van der Waals surface area contributed by atoms with Crippen LogP contribution in [0.3, 0.4) is 0 Å². The summed E-state index contributed by atoms with van der Waals surface area (Å²) >= 11 is 1.70. The van der Waals surface area contributed by atoms with Crippen LogP contribution in [0.1, 0.15) is 39.4 Å². The number of imidazole rings is 1. The highest BCUT2D eigenvalue weighted by molar-refractivity contribution is 7.14. The van der Waals surface area contributed by atoms with E-state index in [-0.39, 0.29) is 11.9 Å². The van der Waals surface area contributed by atoms with Gasteiger partial charge in [0.1, 0.15) is 5.82 Å². The molecule has 1 saturated heterocycles. The van der Waals surface area contributed by atoms with Crippen LogP contribution in [0.15, 0.2) is 30.6 Å². The number of nitrogens with zero attached hydrogens (tertiary/aromatic N) is 4. The zero-order valence-corrected chi connectivity index (χ0v) is 15.3. The predicted octanol–water partition coefficient (Wildman–Crippen LogP) is 3.00. The number of thiophene rings is 1. The van der Waals surface area contributed by atoms with E-state index in [1.165, 1.54) is 23.3 Å². The summed E-state index contributed by atoms with van der Waals surface area (Å²) < 4.78 is 1.76. The first-order chi connectivity index (χ1) is 12.8. The fourth-order valence-electron chi connectivity index (χ4n) is 3.92. The third kappa shape index (κ3) is 2.86. The van der Waals surface area contributed by atoms with Crippen LogP contribution in [-0.2, 0) is 12.8 Å². The van der Waals surface area contributed by atoms with Crippen LogP contribution < -0.4 is 5.32 Å². The number of aromatic nitrogens is 3. The van der Waals surface area contributed by atoms with E-state index in [0.717, 1.165) is 48.7 Å². The number of fused-ring (bicyclic) bond motifs is 2. The van der Waals surface area contributed by atoms with E-state index in [1.54, 1.807) is 22.0 Å². The Morgan fingerprint density at radius 3 is 3.12 bits per heavy atom. The highest BCUT2D eigenvalue weighted by atomic mass is 32.1. The van der Waals surface area contributed by atoms with E-state index in [2.05, 4.69) is 21.5 Å². The zero-order valence-electron chi connectivity index (χ0n) is 14.5. The van der Waals surface area contributed by atoms with Crippen LogP contribution >= 0.6 is 11.3 Å². The minimum atomic E-state index is 0.187. The van der Waals surface area contributed by atoms with Crippen molar-refractivity contribution in [2.24, 2.45) is 0 Å². The molecule has 1 amide bonds. The van der Waals surface area contributed by atoms with Crippen molar-refractivity contribution < 1.29 is 4.79 Å². The highest BCUT2D eigenvalue weighted by Gasteiger charge is 2.29. The first kappa shape index (κ1) is 15.8. The summed E-state index contributed by atoms with van der Waals surface area (Å²) in [6.07, 6.45) is 9.30. The SMILES string of the molecule is O=C(c1cc2c(s1)CCCC2)N1CCC(Nc2ccc3nccn3n2)C1. The summed E-state index contributed by atoms with van der Waals surface area (Å²) in [6, 6.07) is 6.27. The van der Waals surface area contributed by atoms with Crippen molar-refractivity contribution in [1.29, 1.82) is 0 Å². The van der Waals surface area contributed by atoms with Gasteiger partial charge in [0, 0.05) is 36.4 Å². The molecule has 0 aromatic carbocycles. The number of carbonyl (C=O) groups is 1. The second kappa shape index (κ2) is 6.39. The summed E-state index contributed by atoms with van der Waals surface area (Å²) in [5.74, 6) is 1.01. The maximum absolute atomic E-state index is 12.9. The number of hydrogen-bond donors (Lipinski definition) is 1. The standard InChI is InChI=1S/C19H21N5OS/c25-19(16-11-13-3-1-2-4-15(13)26-16)23-9-7-14(12-23)21-17-5-6-18-20-8-10-24(18)22-17/h5-6,8,10-11,14H,1-4,7,9,12H2,(H,21,22). The molecule has 7 heteroatoms. The Kier molecular flexibility index (Phi) is 3.89. The Balaban J connectivity index is 1.26. The molecule has 3 aromatic rings. The largest absolute Gasteiger partial charge is 0.364 e. The maximum Gasteiger partial charge on any atom is 0.264 e. The van der Waals surface area contributed by atoms with E-state index in [0.29, 0.717) is 0 Å². The van der Waals surface area contributed by atoms with E-state index < -0.39 is 0 Å². The van der Waals surface area contributed by atoms with E-state index in [9.17, 15) is 4.79 Å². The molecule has 1 aliphatic heterocycles. The van der Waals surface area contributed by atoms with Crippen molar-refractivity contribution in [2.45, 2.75) is 38.1 Å². The molecule has 0 radical (unpaired) electrons. The van der Waals surface area contributed by atoms with Crippen molar-refractivity contribution in [2.75, 3.05) is 18.4 Å². The number of anilines is 1. The van der Waals surface area contributed by atoms with Gasteiger partial charge in [-0.3, -0.25) is 4.79 Å². The molecule has 134 valence electrons.